The molecule has 2 saturated heterocycles. The van der Waals surface area contributed by atoms with Crippen molar-refractivity contribution in [1.29, 1.82) is 0 Å². The Morgan fingerprint density at radius 2 is 1.80 bits per heavy atom. The third-order valence-corrected chi connectivity index (χ3v) is 6.97. The van der Waals surface area contributed by atoms with Crippen LogP contribution in [0.5, 0.6) is 0 Å². The smallest absolute Gasteiger partial charge is 0.313 e. The fourth-order valence-corrected chi connectivity index (χ4v) is 6.09. The molecule has 2 unspecified atom stereocenters. The lowest BCUT2D eigenvalue weighted by molar-refractivity contribution is -0.146. The van der Waals surface area contributed by atoms with E-state index >= 15 is 0 Å². The minimum Gasteiger partial charge on any atom is -0.465 e. The van der Waals surface area contributed by atoms with Gasteiger partial charge in [-0.3, -0.25) is 9.59 Å². The number of rotatable bonds is 4. The third kappa shape index (κ3) is 4.04. The molecule has 2 N–H and O–H groups in total. The SMILES string of the molecule is C=C1CC2COC(=O)C2(Cc2ccc(C(=O)NC3CC(C)(C)NC(C)(C)C3)cc2)C1. The summed E-state index contributed by atoms with van der Waals surface area (Å²) in [6, 6.07) is 7.84. The molecular formula is C25H34N2O3. The average Bonchev–Trinajstić information content (AvgIpc) is 3.07. The van der Waals surface area contributed by atoms with Crippen molar-refractivity contribution in [3.05, 3.63) is 47.5 Å². The van der Waals surface area contributed by atoms with Crippen LogP contribution >= 0.6 is 0 Å². The van der Waals surface area contributed by atoms with E-state index in [9.17, 15) is 9.59 Å². The molecule has 1 aromatic carbocycles. The van der Waals surface area contributed by atoms with Gasteiger partial charge in [0.05, 0.1) is 12.0 Å². The number of nitrogens with one attached hydrogen (secondary N) is 2. The predicted octanol–water partition coefficient (Wildman–Crippen LogP) is 3.78. The summed E-state index contributed by atoms with van der Waals surface area (Å²) in [6.45, 7) is 13.3. The van der Waals surface area contributed by atoms with Gasteiger partial charge in [0.2, 0.25) is 0 Å². The van der Waals surface area contributed by atoms with Crippen LogP contribution in [0.2, 0.25) is 0 Å². The number of cyclic esters (lactones) is 1. The maximum Gasteiger partial charge on any atom is 0.313 e. The third-order valence-electron chi connectivity index (χ3n) is 6.97. The van der Waals surface area contributed by atoms with Crippen LogP contribution in [0.15, 0.2) is 36.4 Å². The van der Waals surface area contributed by atoms with Crippen molar-refractivity contribution in [3.8, 4) is 0 Å². The number of carbonyl (C=O) groups excluding carboxylic acids is 2. The van der Waals surface area contributed by atoms with Crippen LogP contribution in [0.1, 0.15) is 69.3 Å². The molecule has 5 nitrogen and oxygen atoms in total. The first-order valence-corrected chi connectivity index (χ1v) is 11.0. The van der Waals surface area contributed by atoms with Gasteiger partial charge in [-0.25, -0.2) is 0 Å². The fraction of sp³-hybridized carbons (Fsp3) is 0.600. The molecule has 0 bridgehead atoms. The summed E-state index contributed by atoms with van der Waals surface area (Å²) in [6.07, 6.45) is 4.02. The van der Waals surface area contributed by atoms with Gasteiger partial charge in [0.1, 0.15) is 0 Å². The highest BCUT2D eigenvalue weighted by molar-refractivity contribution is 5.94. The molecular weight excluding hydrogens is 376 g/mol. The highest BCUT2D eigenvalue weighted by atomic mass is 16.5. The Morgan fingerprint density at radius 1 is 1.17 bits per heavy atom. The van der Waals surface area contributed by atoms with Crippen molar-refractivity contribution in [1.82, 2.24) is 10.6 Å². The van der Waals surface area contributed by atoms with Crippen LogP contribution < -0.4 is 10.6 Å². The maximum absolute atomic E-state index is 12.8. The van der Waals surface area contributed by atoms with Gasteiger partial charge in [0.25, 0.3) is 5.91 Å². The fourth-order valence-electron chi connectivity index (χ4n) is 6.09. The topological polar surface area (TPSA) is 67.4 Å². The van der Waals surface area contributed by atoms with E-state index in [1.165, 1.54) is 0 Å². The van der Waals surface area contributed by atoms with E-state index in [-0.39, 0.29) is 34.9 Å². The minimum absolute atomic E-state index is 0.0133. The second kappa shape index (κ2) is 7.23. The Morgan fingerprint density at radius 3 is 2.43 bits per heavy atom. The van der Waals surface area contributed by atoms with E-state index in [1.54, 1.807) is 0 Å². The van der Waals surface area contributed by atoms with Gasteiger partial charge in [-0.15, -0.1) is 0 Å². The molecule has 5 heteroatoms. The molecule has 0 radical (unpaired) electrons. The van der Waals surface area contributed by atoms with Gasteiger partial charge in [-0.2, -0.15) is 0 Å². The highest BCUT2D eigenvalue weighted by Crippen LogP contribution is 2.52. The normalized spacial score (nSPS) is 30.1. The number of benzene rings is 1. The Labute approximate surface area is 179 Å². The summed E-state index contributed by atoms with van der Waals surface area (Å²) < 4.78 is 5.37. The summed E-state index contributed by atoms with van der Waals surface area (Å²) in [5.74, 6) is 0.0989. The number of esters is 1. The van der Waals surface area contributed by atoms with Crippen molar-refractivity contribution in [3.63, 3.8) is 0 Å². The molecule has 0 spiro atoms. The second-order valence-electron chi connectivity index (χ2n) is 10.9. The largest absolute Gasteiger partial charge is 0.465 e. The molecule has 1 saturated carbocycles. The number of carbonyl (C=O) groups is 2. The van der Waals surface area contributed by atoms with Crippen molar-refractivity contribution in [2.45, 2.75) is 76.9 Å². The van der Waals surface area contributed by atoms with Gasteiger partial charge in [-0.1, -0.05) is 24.3 Å². The lowest BCUT2D eigenvalue weighted by Gasteiger charge is -2.46. The van der Waals surface area contributed by atoms with E-state index < -0.39 is 5.41 Å². The molecule has 162 valence electrons. The first-order valence-electron chi connectivity index (χ1n) is 11.0. The molecule has 4 rings (SSSR count). The number of hydrogen-bond acceptors (Lipinski definition) is 4. The molecule has 1 aliphatic carbocycles. The monoisotopic (exact) mass is 410 g/mol. The second-order valence-corrected chi connectivity index (χ2v) is 10.9. The van der Waals surface area contributed by atoms with Crippen molar-refractivity contribution < 1.29 is 14.3 Å². The van der Waals surface area contributed by atoms with Crippen molar-refractivity contribution in [2.75, 3.05) is 6.61 Å². The lowest BCUT2D eigenvalue weighted by atomic mass is 9.75. The number of allylic oxidation sites excluding steroid dienone is 1. The summed E-state index contributed by atoms with van der Waals surface area (Å²) in [5.41, 5.74) is 2.37. The molecule has 2 atom stereocenters. The average molecular weight is 411 g/mol. The summed E-state index contributed by atoms with van der Waals surface area (Å²) in [5, 5.41) is 6.87. The zero-order valence-corrected chi connectivity index (χ0v) is 18.6. The quantitative estimate of drug-likeness (QED) is 0.586. The van der Waals surface area contributed by atoms with Crippen molar-refractivity contribution >= 4 is 11.9 Å². The Bertz CT molecular complexity index is 855. The number of piperidine rings is 1. The molecule has 2 heterocycles. The Kier molecular flexibility index (Phi) is 5.08. The highest BCUT2D eigenvalue weighted by Gasteiger charge is 2.55. The van der Waals surface area contributed by atoms with E-state index in [0.29, 0.717) is 25.0 Å². The number of hydrogen-bond donors (Lipinski definition) is 2. The molecule has 2 aliphatic heterocycles. The van der Waals surface area contributed by atoms with Gasteiger partial charge in [0.15, 0.2) is 0 Å². The molecule has 3 aliphatic rings. The van der Waals surface area contributed by atoms with E-state index in [1.807, 2.05) is 24.3 Å². The van der Waals surface area contributed by atoms with Crippen LogP contribution in [0.4, 0.5) is 0 Å². The van der Waals surface area contributed by atoms with Crippen LogP contribution in [0.3, 0.4) is 0 Å². The Hall–Kier alpha value is -2.14. The first kappa shape index (κ1) is 21.1. The zero-order chi connectivity index (χ0) is 21.7. The predicted molar refractivity (Wildman–Crippen MR) is 117 cm³/mol. The van der Waals surface area contributed by atoms with Crippen LogP contribution in [0, 0.1) is 11.3 Å². The molecule has 30 heavy (non-hydrogen) atoms. The van der Waals surface area contributed by atoms with Gasteiger partial charge < -0.3 is 15.4 Å². The van der Waals surface area contributed by atoms with E-state index in [4.69, 9.17) is 4.74 Å². The van der Waals surface area contributed by atoms with Gasteiger partial charge in [0, 0.05) is 28.6 Å². The van der Waals surface area contributed by atoms with Crippen LogP contribution in [-0.4, -0.2) is 35.6 Å². The summed E-state index contributed by atoms with van der Waals surface area (Å²) in [7, 11) is 0. The van der Waals surface area contributed by atoms with E-state index in [0.717, 1.165) is 30.4 Å². The molecule has 3 fully saturated rings. The summed E-state index contributed by atoms with van der Waals surface area (Å²) in [4.78, 5) is 25.3. The number of ether oxygens (including phenoxy) is 1. The lowest BCUT2D eigenvalue weighted by Crippen LogP contribution is -2.62. The molecule has 1 amide bonds. The van der Waals surface area contributed by atoms with Crippen LogP contribution in [-0.2, 0) is 16.0 Å². The van der Waals surface area contributed by atoms with Gasteiger partial charge >= 0.3 is 5.97 Å². The summed E-state index contributed by atoms with van der Waals surface area (Å²) >= 11 is 0. The first-order chi connectivity index (χ1) is 14.0. The Balaban J connectivity index is 1.43. The van der Waals surface area contributed by atoms with Gasteiger partial charge in [-0.05, 0) is 77.5 Å². The minimum atomic E-state index is -0.465. The standard InChI is InChI=1S/C25H34N2O3/c1-16-10-19-15-30-22(29)25(19,11-16)12-17-6-8-18(9-7-17)21(28)26-20-13-23(2,3)27-24(4,5)14-20/h6-9,19-20,27H,1,10-15H2,2-5H3,(H,26,28). The zero-order valence-electron chi connectivity index (χ0n) is 18.6. The van der Waals surface area contributed by atoms with Crippen LogP contribution in [0.25, 0.3) is 0 Å². The number of amides is 1. The molecule has 0 aromatic heterocycles. The number of fused-ring (bicyclic) bond motifs is 1. The van der Waals surface area contributed by atoms with Crippen molar-refractivity contribution in [2.24, 2.45) is 11.3 Å². The molecule has 1 aromatic rings. The van der Waals surface area contributed by atoms with E-state index in [2.05, 4.69) is 44.9 Å². The maximum atomic E-state index is 12.8.